The Morgan fingerprint density at radius 2 is 1.78 bits per heavy atom. The predicted octanol–water partition coefficient (Wildman–Crippen LogP) is 5.66. The molecule has 1 aromatic heterocycles. The quantitative estimate of drug-likeness (QED) is 0.419. The van der Waals surface area contributed by atoms with Crippen LogP contribution < -0.4 is 4.31 Å². The Hall–Kier alpha value is -3.05. The number of rotatable bonds is 6. The lowest BCUT2D eigenvalue weighted by atomic mass is 10.0. The van der Waals surface area contributed by atoms with Gasteiger partial charge in [0.2, 0.25) is 0 Å². The third kappa shape index (κ3) is 3.32. The van der Waals surface area contributed by atoms with Crippen molar-refractivity contribution in [2.24, 2.45) is 5.92 Å². The molecule has 4 aromatic rings. The largest absolute Gasteiger partial charge is 0.361 e. The highest BCUT2D eigenvalue weighted by Gasteiger charge is 2.39. The van der Waals surface area contributed by atoms with Crippen molar-refractivity contribution in [2.75, 3.05) is 10.8 Å². The van der Waals surface area contributed by atoms with Crippen LogP contribution in [0.2, 0.25) is 0 Å². The van der Waals surface area contributed by atoms with Crippen molar-refractivity contribution in [1.29, 1.82) is 0 Å². The molecule has 6 rings (SSSR count). The summed E-state index contributed by atoms with van der Waals surface area (Å²) in [5, 5.41) is 1.34. The minimum absolute atomic E-state index is 0.358. The lowest BCUT2D eigenvalue weighted by Crippen LogP contribution is -2.29. The Kier molecular flexibility index (Phi) is 4.61. The van der Waals surface area contributed by atoms with Crippen molar-refractivity contribution in [3.63, 3.8) is 0 Å². The number of benzene rings is 3. The van der Waals surface area contributed by atoms with E-state index in [2.05, 4.69) is 47.6 Å². The molecule has 1 aliphatic carbocycles. The third-order valence-corrected chi connectivity index (χ3v) is 8.93. The van der Waals surface area contributed by atoms with E-state index in [-0.39, 0.29) is 0 Å². The Balaban J connectivity index is 1.16. The summed E-state index contributed by atoms with van der Waals surface area (Å²) in [6.07, 6.45) is 6.45. The van der Waals surface area contributed by atoms with Crippen LogP contribution in [0.5, 0.6) is 0 Å². The molecule has 0 bridgehead atoms. The van der Waals surface area contributed by atoms with Gasteiger partial charge in [0, 0.05) is 23.6 Å². The number of aromatic amines is 1. The zero-order chi connectivity index (χ0) is 21.7. The van der Waals surface area contributed by atoms with Crippen LogP contribution >= 0.6 is 0 Å². The molecule has 2 unspecified atom stereocenters. The summed E-state index contributed by atoms with van der Waals surface area (Å²) in [5.74, 6) is 1.32. The van der Waals surface area contributed by atoms with Crippen LogP contribution in [-0.4, -0.2) is 19.9 Å². The zero-order valence-electron chi connectivity index (χ0n) is 17.9. The molecule has 0 spiro atoms. The summed E-state index contributed by atoms with van der Waals surface area (Å²) >= 11 is 0. The third-order valence-electron chi connectivity index (χ3n) is 7.10. The van der Waals surface area contributed by atoms with E-state index in [4.69, 9.17) is 0 Å². The first kappa shape index (κ1) is 19.6. The van der Waals surface area contributed by atoms with Crippen LogP contribution in [0.25, 0.3) is 10.9 Å². The first-order valence-corrected chi connectivity index (χ1v) is 12.8. The molecular weight excluding hydrogens is 416 g/mol. The zero-order valence-corrected chi connectivity index (χ0v) is 18.7. The first-order chi connectivity index (χ1) is 15.6. The number of anilines is 1. The van der Waals surface area contributed by atoms with Crippen molar-refractivity contribution in [3.05, 3.63) is 95.7 Å². The highest BCUT2D eigenvalue weighted by atomic mass is 32.2. The molecule has 1 fully saturated rings. The number of fused-ring (bicyclic) bond motifs is 2. The topological polar surface area (TPSA) is 53.2 Å². The van der Waals surface area contributed by atoms with E-state index in [1.54, 1.807) is 28.6 Å². The Morgan fingerprint density at radius 1 is 0.969 bits per heavy atom. The maximum absolute atomic E-state index is 13.1. The number of H-pyrrole nitrogens is 1. The lowest BCUT2D eigenvalue weighted by molar-refractivity contribution is 0.592. The molecule has 3 aromatic carbocycles. The standard InChI is InChI=1S/C27H26N2O2S/c30-32(31,23-6-2-1-3-7-23)29-15-14-21-16-19(12-13-27(21)29)25-17-20(25)10-11-22-18-28-26-9-5-4-8-24(22)26/h1-9,12-13,16,18,20,25,28H,10-11,14-15,17H2. The van der Waals surface area contributed by atoms with Crippen molar-refractivity contribution in [2.45, 2.75) is 36.5 Å². The molecule has 1 aliphatic heterocycles. The summed E-state index contributed by atoms with van der Waals surface area (Å²) in [7, 11) is -3.50. The summed E-state index contributed by atoms with van der Waals surface area (Å²) in [6, 6.07) is 23.7. The van der Waals surface area contributed by atoms with Crippen molar-refractivity contribution >= 4 is 26.6 Å². The predicted molar refractivity (Wildman–Crippen MR) is 129 cm³/mol. The molecule has 0 radical (unpaired) electrons. The molecule has 5 heteroatoms. The number of nitrogens with one attached hydrogen (secondary N) is 1. The number of aryl methyl sites for hydroxylation is 1. The summed E-state index contributed by atoms with van der Waals surface area (Å²) in [5.41, 5.74) is 5.98. The van der Waals surface area contributed by atoms with Crippen LogP contribution in [0.15, 0.2) is 83.9 Å². The molecular formula is C27H26N2O2S. The van der Waals surface area contributed by atoms with E-state index >= 15 is 0 Å². The second-order valence-electron chi connectivity index (χ2n) is 9.03. The average molecular weight is 443 g/mol. The van der Waals surface area contributed by atoms with E-state index < -0.39 is 10.0 Å². The van der Waals surface area contributed by atoms with Crippen molar-refractivity contribution < 1.29 is 8.42 Å². The van der Waals surface area contributed by atoms with E-state index in [0.717, 1.165) is 24.1 Å². The number of aromatic nitrogens is 1. The van der Waals surface area contributed by atoms with Gasteiger partial charge >= 0.3 is 0 Å². The van der Waals surface area contributed by atoms with E-state index in [1.165, 1.54) is 34.9 Å². The smallest absolute Gasteiger partial charge is 0.264 e. The Bertz CT molecular complexity index is 1390. The molecule has 32 heavy (non-hydrogen) atoms. The lowest BCUT2D eigenvalue weighted by Gasteiger charge is -2.19. The fourth-order valence-corrected chi connectivity index (χ4v) is 6.77. The van der Waals surface area contributed by atoms with Crippen LogP contribution in [-0.2, 0) is 22.9 Å². The number of para-hydroxylation sites is 1. The summed E-state index contributed by atoms with van der Waals surface area (Å²) in [6.45, 7) is 0.519. The molecule has 2 heterocycles. The fourth-order valence-electron chi connectivity index (χ4n) is 5.25. The number of nitrogens with zero attached hydrogens (tertiary/aromatic N) is 1. The van der Waals surface area contributed by atoms with Crippen molar-refractivity contribution in [3.8, 4) is 0 Å². The van der Waals surface area contributed by atoms with Gasteiger partial charge in [-0.25, -0.2) is 8.42 Å². The van der Waals surface area contributed by atoms with Gasteiger partial charge < -0.3 is 4.98 Å². The molecule has 2 aliphatic rings. The minimum atomic E-state index is -3.50. The van der Waals surface area contributed by atoms with Gasteiger partial charge in [-0.3, -0.25) is 4.31 Å². The van der Waals surface area contributed by atoms with Gasteiger partial charge in [-0.1, -0.05) is 48.5 Å². The number of hydrogen-bond donors (Lipinski definition) is 1. The first-order valence-electron chi connectivity index (χ1n) is 11.4. The Labute approximate surface area is 188 Å². The van der Waals surface area contributed by atoms with Crippen LogP contribution in [0, 0.1) is 5.92 Å². The summed E-state index contributed by atoms with van der Waals surface area (Å²) < 4.78 is 27.8. The molecule has 0 saturated heterocycles. The molecule has 1 N–H and O–H groups in total. The number of hydrogen-bond acceptors (Lipinski definition) is 2. The van der Waals surface area contributed by atoms with Gasteiger partial charge in [-0.2, -0.15) is 0 Å². The second kappa shape index (κ2) is 7.52. The van der Waals surface area contributed by atoms with Crippen molar-refractivity contribution in [1.82, 2.24) is 4.98 Å². The average Bonchev–Trinajstić information content (AvgIpc) is 3.28. The molecule has 4 nitrogen and oxygen atoms in total. The van der Waals surface area contributed by atoms with Gasteiger partial charge in [0.1, 0.15) is 0 Å². The monoisotopic (exact) mass is 442 g/mol. The molecule has 2 atom stereocenters. The fraction of sp³-hybridized carbons (Fsp3) is 0.259. The van der Waals surface area contributed by atoms with E-state index in [9.17, 15) is 8.42 Å². The maximum Gasteiger partial charge on any atom is 0.264 e. The molecule has 1 saturated carbocycles. The normalized spacial score (nSPS) is 19.9. The highest BCUT2D eigenvalue weighted by molar-refractivity contribution is 7.92. The number of sulfonamides is 1. The van der Waals surface area contributed by atoms with Gasteiger partial charge in [0.15, 0.2) is 0 Å². The SMILES string of the molecule is O=S(=O)(c1ccccc1)N1CCc2cc(C3CC3CCc3c[nH]c4ccccc34)ccc21. The van der Waals surface area contributed by atoms with E-state index in [0.29, 0.717) is 23.3 Å². The van der Waals surface area contributed by atoms with Gasteiger partial charge in [-0.15, -0.1) is 0 Å². The van der Waals surface area contributed by atoms with Crippen LogP contribution in [0.3, 0.4) is 0 Å². The minimum Gasteiger partial charge on any atom is -0.361 e. The highest BCUT2D eigenvalue weighted by Crippen LogP contribution is 2.51. The van der Waals surface area contributed by atoms with Gasteiger partial charge in [0.05, 0.1) is 10.6 Å². The molecule has 0 amide bonds. The second-order valence-corrected chi connectivity index (χ2v) is 10.9. The summed E-state index contributed by atoms with van der Waals surface area (Å²) in [4.78, 5) is 3.74. The Morgan fingerprint density at radius 3 is 2.66 bits per heavy atom. The van der Waals surface area contributed by atoms with Crippen LogP contribution in [0.4, 0.5) is 5.69 Å². The maximum atomic E-state index is 13.1. The van der Waals surface area contributed by atoms with Crippen LogP contribution in [0.1, 0.15) is 35.4 Å². The molecule has 162 valence electrons. The van der Waals surface area contributed by atoms with E-state index in [1.807, 2.05) is 12.1 Å². The van der Waals surface area contributed by atoms with Gasteiger partial charge in [0.25, 0.3) is 10.0 Å². The van der Waals surface area contributed by atoms with Gasteiger partial charge in [-0.05, 0) is 78.5 Å².